The number of carbonyl (C=O) groups excluding carboxylic acids is 1. The van der Waals surface area contributed by atoms with Gasteiger partial charge in [0.15, 0.2) is 0 Å². The lowest BCUT2D eigenvalue weighted by atomic mass is 9.85. The van der Waals surface area contributed by atoms with Gasteiger partial charge in [0, 0.05) is 18.3 Å². The van der Waals surface area contributed by atoms with E-state index in [0.29, 0.717) is 17.6 Å². The number of benzene rings is 2. The van der Waals surface area contributed by atoms with Crippen molar-refractivity contribution >= 4 is 11.8 Å². The highest BCUT2D eigenvalue weighted by Gasteiger charge is 2.22. The Labute approximate surface area is 170 Å². The lowest BCUT2D eigenvalue weighted by Gasteiger charge is -2.27. The molecule has 2 rings (SSSR count). The van der Waals surface area contributed by atoms with Crippen molar-refractivity contribution < 1.29 is 9.53 Å². The van der Waals surface area contributed by atoms with Crippen LogP contribution in [0.25, 0.3) is 0 Å². The molecule has 0 fully saturated rings. The van der Waals surface area contributed by atoms with Gasteiger partial charge in [0.05, 0.1) is 0 Å². The molecule has 0 saturated heterocycles. The van der Waals surface area contributed by atoms with Crippen molar-refractivity contribution in [1.82, 2.24) is 4.90 Å². The first-order chi connectivity index (χ1) is 13.3. The molecule has 2 aromatic carbocycles. The van der Waals surface area contributed by atoms with Gasteiger partial charge in [-0.2, -0.15) is 0 Å². The second-order valence-corrected chi connectivity index (χ2v) is 7.99. The first-order valence-electron chi connectivity index (χ1n) is 10.1. The summed E-state index contributed by atoms with van der Waals surface area (Å²) in [5, 5.41) is 0. The van der Waals surface area contributed by atoms with Crippen LogP contribution in [0.3, 0.4) is 0 Å². The lowest BCUT2D eigenvalue weighted by molar-refractivity contribution is 0.205. The Morgan fingerprint density at radius 1 is 1.00 bits per heavy atom. The monoisotopic (exact) mass is 382 g/mol. The van der Waals surface area contributed by atoms with Crippen LogP contribution in [-0.4, -0.2) is 37.7 Å². The molecule has 0 unspecified atom stereocenters. The Hall–Kier alpha value is -2.33. The molecule has 2 atom stereocenters. The molecule has 0 aliphatic rings. The van der Waals surface area contributed by atoms with E-state index in [0.717, 1.165) is 18.7 Å². The number of amides is 1. The molecule has 4 heteroatoms. The quantitative estimate of drug-likeness (QED) is 0.579. The first-order valence-corrected chi connectivity index (χ1v) is 10.1. The predicted molar refractivity (Wildman–Crippen MR) is 117 cm³/mol. The molecule has 0 N–H and O–H groups in total. The molecule has 0 aliphatic carbocycles. The molecule has 2 aromatic rings. The van der Waals surface area contributed by atoms with E-state index in [1.807, 2.05) is 62.4 Å². The zero-order valence-corrected chi connectivity index (χ0v) is 18.1. The van der Waals surface area contributed by atoms with Gasteiger partial charge >= 0.3 is 6.09 Å². The van der Waals surface area contributed by atoms with Gasteiger partial charge in [-0.05, 0) is 76.0 Å². The fraction of sp³-hybridized carbons (Fsp3) is 0.458. The van der Waals surface area contributed by atoms with E-state index in [1.54, 1.807) is 4.90 Å². The van der Waals surface area contributed by atoms with E-state index < -0.39 is 0 Å². The van der Waals surface area contributed by atoms with E-state index in [-0.39, 0.29) is 12.1 Å². The number of hydrogen-bond acceptors (Lipinski definition) is 3. The number of rotatable bonds is 8. The summed E-state index contributed by atoms with van der Waals surface area (Å²) in [6.45, 7) is 9.49. The highest BCUT2D eigenvalue weighted by Crippen LogP contribution is 2.31. The Kier molecular flexibility index (Phi) is 8.06. The molecule has 152 valence electrons. The van der Waals surface area contributed by atoms with Gasteiger partial charge in [0.1, 0.15) is 5.75 Å². The summed E-state index contributed by atoms with van der Waals surface area (Å²) in [6.07, 6.45) is 0.696. The van der Waals surface area contributed by atoms with E-state index in [1.165, 1.54) is 5.56 Å². The minimum absolute atomic E-state index is 0.00147. The maximum absolute atomic E-state index is 12.9. The van der Waals surface area contributed by atoms with Crippen molar-refractivity contribution in [2.24, 2.45) is 5.92 Å². The summed E-state index contributed by atoms with van der Waals surface area (Å²) in [7, 11) is 4.21. The maximum atomic E-state index is 12.9. The SMILES string of the molecule is CC[C@@H](c1cccc(OC(=O)N(c2ccccc2)C(C)C)c1)[C@@H](C)CN(C)C. The van der Waals surface area contributed by atoms with E-state index >= 15 is 0 Å². The third-order valence-corrected chi connectivity index (χ3v) is 5.02. The molecule has 0 bridgehead atoms. The highest BCUT2D eigenvalue weighted by molar-refractivity contribution is 5.89. The van der Waals surface area contributed by atoms with Gasteiger partial charge in [0.2, 0.25) is 0 Å². The third kappa shape index (κ3) is 5.83. The van der Waals surface area contributed by atoms with E-state index in [2.05, 4.69) is 38.9 Å². The van der Waals surface area contributed by atoms with Crippen molar-refractivity contribution in [3.05, 3.63) is 60.2 Å². The Morgan fingerprint density at radius 2 is 1.68 bits per heavy atom. The van der Waals surface area contributed by atoms with Crippen molar-refractivity contribution in [3.63, 3.8) is 0 Å². The molecule has 0 spiro atoms. The molecule has 0 heterocycles. The largest absolute Gasteiger partial charge is 0.419 e. The zero-order valence-electron chi connectivity index (χ0n) is 18.1. The van der Waals surface area contributed by atoms with Gasteiger partial charge < -0.3 is 9.64 Å². The molecule has 0 aromatic heterocycles. The molecule has 0 saturated carbocycles. The van der Waals surface area contributed by atoms with Crippen LogP contribution in [0.1, 0.15) is 45.6 Å². The second kappa shape index (κ2) is 10.3. The van der Waals surface area contributed by atoms with Crippen molar-refractivity contribution in [2.45, 2.75) is 46.1 Å². The summed E-state index contributed by atoms with van der Waals surface area (Å²) >= 11 is 0. The lowest BCUT2D eigenvalue weighted by Crippen LogP contribution is -2.39. The number of nitrogens with zero attached hydrogens (tertiary/aromatic N) is 2. The fourth-order valence-electron chi connectivity index (χ4n) is 3.83. The average molecular weight is 383 g/mol. The Bertz CT molecular complexity index is 743. The molecule has 0 aliphatic heterocycles. The van der Waals surface area contributed by atoms with Crippen LogP contribution >= 0.6 is 0 Å². The number of ether oxygens (including phenoxy) is 1. The number of anilines is 1. The van der Waals surface area contributed by atoms with Gasteiger partial charge in [-0.15, -0.1) is 0 Å². The van der Waals surface area contributed by atoms with Crippen LogP contribution in [-0.2, 0) is 0 Å². The minimum atomic E-state index is -0.354. The number of hydrogen-bond donors (Lipinski definition) is 0. The van der Waals surface area contributed by atoms with Crippen molar-refractivity contribution in [1.29, 1.82) is 0 Å². The molecular formula is C24H34N2O2. The van der Waals surface area contributed by atoms with Crippen LogP contribution in [0.15, 0.2) is 54.6 Å². The van der Waals surface area contributed by atoms with Crippen LogP contribution in [0.4, 0.5) is 10.5 Å². The van der Waals surface area contributed by atoms with Gasteiger partial charge in [-0.25, -0.2) is 4.79 Å². The Balaban J connectivity index is 2.20. The van der Waals surface area contributed by atoms with E-state index in [4.69, 9.17) is 4.74 Å². The van der Waals surface area contributed by atoms with Crippen LogP contribution < -0.4 is 9.64 Å². The summed E-state index contributed by atoms with van der Waals surface area (Å²) in [5.74, 6) is 1.54. The average Bonchev–Trinajstić information content (AvgIpc) is 2.62. The van der Waals surface area contributed by atoms with Crippen LogP contribution in [0.2, 0.25) is 0 Å². The minimum Gasteiger partial charge on any atom is -0.410 e. The van der Waals surface area contributed by atoms with E-state index in [9.17, 15) is 4.79 Å². The predicted octanol–water partition coefficient (Wildman–Crippen LogP) is 5.79. The second-order valence-electron chi connectivity index (χ2n) is 7.99. The summed E-state index contributed by atoms with van der Waals surface area (Å²) in [4.78, 5) is 16.8. The zero-order chi connectivity index (χ0) is 20.7. The first kappa shape index (κ1) is 22.0. The number of carbonyl (C=O) groups is 1. The third-order valence-electron chi connectivity index (χ3n) is 5.02. The van der Waals surface area contributed by atoms with Gasteiger partial charge in [-0.1, -0.05) is 44.2 Å². The molecule has 0 radical (unpaired) electrons. The van der Waals surface area contributed by atoms with Crippen LogP contribution in [0.5, 0.6) is 5.75 Å². The summed E-state index contributed by atoms with van der Waals surface area (Å²) in [6, 6.07) is 17.6. The molecule has 28 heavy (non-hydrogen) atoms. The Morgan fingerprint density at radius 3 is 2.25 bits per heavy atom. The summed E-state index contributed by atoms with van der Waals surface area (Å²) in [5.41, 5.74) is 2.06. The maximum Gasteiger partial charge on any atom is 0.419 e. The fourth-order valence-corrected chi connectivity index (χ4v) is 3.83. The highest BCUT2D eigenvalue weighted by atomic mass is 16.6. The standard InChI is InChI=1S/C24H34N2O2/c1-7-23(19(4)17-25(5)6)20-12-11-15-22(16-20)28-24(27)26(18(2)3)21-13-9-8-10-14-21/h8-16,18-19,23H,7,17H2,1-6H3/t19-,23+/m0/s1. The van der Waals surface area contributed by atoms with Gasteiger partial charge in [-0.3, -0.25) is 4.90 Å². The van der Waals surface area contributed by atoms with Gasteiger partial charge in [0.25, 0.3) is 0 Å². The molecular weight excluding hydrogens is 348 g/mol. The molecule has 1 amide bonds. The van der Waals surface area contributed by atoms with Crippen LogP contribution in [0, 0.1) is 5.92 Å². The topological polar surface area (TPSA) is 32.8 Å². The normalized spacial score (nSPS) is 13.4. The smallest absolute Gasteiger partial charge is 0.410 e. The van der Waals surface area contributed by atoms with Crippen molar-refractivity contribution in [2.75, 3.05) is 25.5 Å². The molecule has 4 nitrogen and oxygen atoms in total. The summed E-state index contributed by atoms with van der Waals surface area (Å²) < 4.78 is 5.76. The number of para-hydroxylation sites is 1. The van der Waals surface area contributed by atoms with Crippen molar-refractivity contribution in [3.8, 4) is 5.75 Å².